The Morgan fingerprint density at radius 2 is 1.68 bits per heavy atom. The van der Waals surface area contributed by atoms with Gasteiger partial charge in [0.15, 0.2) is 5.78 Å². The van der Waals surface area contributed by atoms with Crippen LogP contribution >= 0.6 is 0 Å². The number of likely N-dealkylation sites (tertiary alicyclic amines) is 1. The van der Waals surface area contributed by atoms with Crippen molar-refractivity contribution in [2.45, 2.75) is 0 Å². The van der Waals surface area contributed by atoms with E-state index in [0.29, 0.717) is 11.1 Å². The molecular weight excluding hydrogens is 310 g/mol. The highest BCUT2D eigenvalue weighted by Crippen LogP contribution is 2.22. The Bertz CT molecular complexity index is 795. The number of hydrogen-bond acceptors (Lipinski definition) is 2. The third kappa shape index (κ3) is 4.64. The summed E-state index contributed by atoms with van der Waals surface area (Å²) in [7, 11) is 0. The first-order chi connectivity index (χ1) is 12.1. The minimum atomic E-state index is -0.204. The summed E-state index contributed by atoms with van der Waals surface area (Å²) in [5.41, 5.74) is 2.80. The predicted molar refractivity (Wildman–Crippen MR) is 103 cm³/mol. The number of amides is 1. The van der Waals surface area contributed by atoms with E-state index in [-0.39, 0.29) is 24.8 Å². The number of carbonyl (C=O) groups is 2. The van der Waals surface area contributed by atoms with E-state index in [1.807, 2.05) is 36.4 Å². The maximum Gasteiger partial charge on any atom is 0.246 e. The zero-order valence-electron chi connectivity index (χ0n) is 14.2. The summed E-state index contributed by atoms with van der Waals surface area (Å²) in [5, 5.41) is 0. The Kier molecular flexibility index (Phi) is 6.24. The molecule has 0 saturated carbocycles. The van der Waals surface area contributed by atoms with Crippen molar-refractivity contribution in [2.24, 2.45) is 0 Å². The fourth-order valence-corrected chi connectivity index (χ4v) is 2.59. The molecule has 0 bridgehead atoms. The molecule has 1 aromatic carbocycles. The van der Waals surface area contributed by atoms with Crippen molar-refractivity contribution in [2.75, 3.05) is 13.1 Å². The predicted octanol–water partition coefficient (Wildman–Crippen LogP) is 3.89. The Hall–Kier alpha value is -3.20. The molecule has 0 aromatic heterocycles. The lowest BCUT2D eigenvalue weighted by Crippen LogP contribution is -2.40. The highest BCUT2D eigenvalue weighted by atomic mass is 16.2. The number of piperidine rings is 1. The van der Waals surface area contributed by atoms with Gasteiger partial charge in [0.2, 0.25) is 5.91 Å². The van der Waals surface area contributed by atoms with E-state index in [2.05, 4.69) is 19.7 Å². The molecule has 1 heterocycles. The van der Waals surface area contributed by atoms with Gasteiger partial charge in [0, 0.05) is 11.1 Å². The van der Waals surface area contributed by atoms with Crippen molar-refractivity contribution in [3.05, 3.63) is 103 Å². The summed E-state index contributed by atoms with van der Waals surface area (Å²) in [5.74, 6) is -0.265. The quantitative estimate of drug-likeness (QED) is 0.606. The average molecular weight is 331 g/mol. The van der Waals surface area contributed by atoms with Crippen LogP contribution in [0.5, 0.6) is 0 Å². The Labute approximate surface area is 148 Å². The molecular formula is C22H21NO2. The molecule has 0 spiro atoms. The molecule has 1 saturated heterocycles. The standard InChI is InChI=1S/C22H21NO2/c1-4-10-17(5-2)13-19-15-23(21(24)6-3)16-20(22(19)25)14-18-11-8-7-9-12-18/h4-14H,1-3,15-16H2/b17-10+,19-13+,20-14+. The Balaban J connectivity index is 2.46. The normalized spacial score (nSPS) is 18.3. The van der Waals surface area contributed by atoms with Gasteiger partial charge in [0.05, 0.1) is 13.1 Å². The summed E-state index contributed by atoms with van der Waals surface area (Å²) in [6.07, 6.45) is 9.89. The van der Waals surface area contributed by atoms with Crippen molar-refractivity contribution in [1.29, 1.82) is 0 Å². The van der Waals surface area contributed by atoms with Crippen molar-refractivity contribution >= 4 is 17.8 Å². The Morgan fingerprint density at radius 1 is 1.00 bits per heavy atom. The summed E-state index contributed by atoms with van der Waals surface area (Å²) in [6, 6.07) is 9.58. The van der Waals surface area contributed by atoms with E-state index < -0.39 is 0 Å². The summed E-state index contributed by atoms with van der Waals surface area (Å²) in [6.45, 7) is 11.5. The molecule has 0 unspecified atom stereocenters. The SMILES string of the molecule is C=C/C=C(C=C)/C=C1\CN(C(=O)C=C)C/C(=C\c2ccccc2)C1=O. The lowest BCUT2D eigenvalue weighted by molar-refractivity contribution is -0.126. The van der Waals surface area contributed by atoms with Crippen LogP contribution in [0.1, 0.15) is 5.56 Å². The molecule has 0 atom stereocenters. The zero-order valence-corrected chi connectivity index (χ0v) is 14.2. The van der Waals surface area contributed by atoms with Crippen LogP contribution in [0.4, 0.5) is 0 Å². The van der Waals surface area contributed by atoms with E-state index in [1.54, 1.807) is 29.2 Å². The molecule has 3 heteroatoms. The fourth-order valence-electron chi connectivity index (χ4n) is 2.59. The van der Waals surface area contributed by atoms with Crippen LogP contribution < -0.4 is 0 Å². The molecule has 0 aliphatic carbocycles. The smallest absolute Gasteiger partial charge is 0.246 e. The number of Topliss-reactive ketones (excluding diaryl/α,β-unsaturated/α-hetero) is 1. The largest absolute Gasteiger partial charge is 0.330 e. The van der Waals surface area contributed by atoms with Crippen LogP contribution in [0.2, 0.25) is 0 Å². The summed E-state index contributed by atoms with van der Waals surface area (Å²) >= 11 is 0. The van der Waals surface area contributed by atoms with E-state index >= 15 is 0 Å². The number of allylic oxidation sites excluding steroid dienone is 5. The van der Waals surface area contributed by atoms with Crippen LogP contribution in [0, 0.1) is 0 Å². The van der Waals surface area contributed by atoms with Crippen molar-refractivity contribution in [3.63, 3.8) is 0 Å². The Morgan fingerprint density at radius 3 is 2.28 bits per heavy atom. The van der Waals surface area contributed by atoms with E-state index in [0.717, 1.165) is 11.1 Å². The van der Waals surface area contributed by atoms with E-state index in [9.17, 15) is 9.59 Å². The van der Waals surface area contributed by atoms with Crippen molar-refractivity contribution in [1.82, 2.24) is 4.90 Å². The van der Waals surface area contributed by atoms with Crippen LogP contribution in [0.15, 0.2) is 97.2 Å². The summed E-state index contributed by atoms with van der Waals surface area (Å²) in [4.78, 5) is 26.5. The monoisotopic (exact) mass is 331 g/mol. The first-order valence-electron chi connectivity index (χ1n) is 7.96. The van der Waals surface area contributed by atoms with E-state index in [1.165, 1.54) is 6.08 Å². The topological polar surface area (TPSA) is 37.4 Å². The van der Waals surface area contributed by atoms with Crippen LogP contribution in [-0.2, 0) is 9.59 Å². The van der Waals surface area contributed by atoms with Gasteiger partial charge in [-0.2, -0.15) is 0 Å². The molecule has 2 rings (SSSR count). The van der Waals surface area contributed by atoms with Gasteiger partial charge in [-0.1, -0.05) is 68.3 Å². The molecule has 0 radical (unpaired) electrons. The molecule has 3 nitrogen and oxygen atoms in total. The number of nitrogens with zero attached hydrogens (tertiary/aromatic N) is 1. The summed E-state index contributed by atoms with van der Waals surface area (Å²) < 4.78 is 0. The molecule has 1 aromatic rings. The second-order valence-electron chi connectivity index (χ2n) is 5.58. The lowest BCUT2D eigenvalue weighted by atomic mass is 9.94. The first-order valence-corrected chi connectivity index (χ1v) is 7.96. The minimum Gasteiger partial charge on any atom is -0.330 e. The lowest BCUT2D eigenvalue weighted by Gasteiger charge is -2.29. The zero-order chi connectivity index (χ0) is 18.2. The maximum absolute atomic E-state index is 12.9. The number of carbonyl (C=O) groups excluding carboxylic acids is 2. The van der Waals surface area contributed by atoms with Crippen LogP contribution in [0.25, 0.3) is 6.08 Å². The molecule has 25 heavy (non-hydrogen) atoms. The van der Waals surface area contributed by atoms with Crippen LogP contribution in [-0.4, -0.2) is 29.7 Å². The van der Waals surface area contributed by atoms with Gasteiger partial charge in [0.25, 0.3) is 0 Å². The molecule has 0 N–H and O–H groups in total. The number of benzene rings is 1. The minimum absolute atomic E-state index is 0.0613. The number of ketones is 1. The van der Waals surface area contributed by atoms with Gasteiger partial charge >= 0.3 is 0 Å². The molecule has 1 fully saturated rings. The van der Waals surface area contributed by atoms with Gasteiger partial charge in [-0.15, -0.1) is 0 Å². The molecule has 1 aliphatic heterocycles. The second kappa shape index (κ2) is 8.60. The second-order valence-corrected chi connectivity index (χ2v) is 5.58. The van der Waals surface area contributed by atoms with Crippen LogP contribution in [0.3, 0.4) is 0 Å². The van der Waals surface area contributed by atoms with Gasteiger partial charge in [-0.25, -0.2) is 0 Å². The fraction of sp³-hybridized carbons (Fsp3) is 0.0909. The molecule has 1 amide bonds. The maximum atomic E-state index is 12.9. The highest BCUT2D eigenvalue weighted by Gasteiger charge is 2.27. The first kappa shape index (κ1) is 18.1. The highest BCUT2D eigenvalue weighted by molar-refractivity contribution is 6.13. The third-order valence-electron chi connectivity index (χ3n) is 3.82. The van der Waals surface area contributed by atoms with Gasteiger partial charge in [-0.05, 0) is 29.4 Å². The average Bonchev–Trinajstić information content (AvgIpc) is 2.64. The number of hydrogen-bond donors (Lipinski definition) is 0. The van der Waals surface area contributed by atoms with E-state index in [4.69, 9.17) is 0 Å². The van der Waals surface area contributed by atoms with Gasteiger partial charge in [-0.3, -0.25) is 9.59 Å². The number of rotatable bonds is 5. The van der Waals surface area contributed by atoms with Gasteiger partial charge in [0.1, 0.15) is 0 Å². The van der Waals surface area contributed by atoms with Crippen molar-refractivity contribution in [3.8, 4) is 0 Å². The van der Waals surface area contributed by atoms with Crippen molar-refractivity contribution < 1.29 is 9.59 Å². The molecule has 126 valence electrons. The third-order valence-corrected chi connectivity index (χ3v) is 3.82. The van der Waals surface area contributed by atoms with Gasteiger partial charge < -0.3 is 4.90 Å². The molecule has 1 aliphatic rings.